The van der Waals surface area contributed by atoms with Crippen LogP contribution in [-0.2, 0) is 17.9 Å². The van der Waals surface area contributed by atoms with Crippen LogP contribution in [-0.4, -0.2) is 21.6 Å². The number of hydrogen-bond acceptors (Lipinski definition) is 4. The zero-order valence-corrected chi connectivity index (χ0v) is 34.1. The lowest BCUT2D eigenvalue weighted by Gasteiger charge is -2.24. The number of benzene rings is 6. The van der Waals surface area contributed by atoms with E-state index in [4.69, 9.17) is 19.7 Å². The SMILES string of the molecule is CCCCOc1c(-c2ccc3c(c2)C(C)(C)c2cc4c(cc2-3)C(C)(C)c2cc(-c3nc(-c5ccccc5)nc(-c5ccccc5)n3)ccc2-4)ccc2ccc[n+](C)c12. The van der Waals surface area contributed by atoms with Crippen molar-refractivity contribution in [1.82, 2.24) is 15.0 Å². The van der Waals surface area contributed by atoms with Crippen molar-refractivity contribution in [3.8, 4) is 73.3 Å². The molecule has 2 aliphatic rings. The van der Waals surface area contributed by atoms with E-state index in [-0.39, 0.29) is 10.8 Å². The molecule has 0 N–H and O–H groups in total. The maximum absolute atomic E-state index is 6.63. The van der Waals surface area contributed by atoms with E-state index in [0.717, 1.165) is 46.4 Å². The molecule has 5 heteroatoms. The third-order valence-electron chi connectivity index (χ3n) is 12.6. The maximum atomic E-state index is 6.63. The van der Waals surface area contributed by atoms with Gasteiger partial charge in [0.05, 0.1) is 12.0 Å². The molecule has 6 aromatic carbocycles. The van der Waals surface area contributed by atoms with Crippen LogP contribution in [0.1, 0.15) is 69.7 Å². The highest BCUT2D eigenvalue weighted by molar-refractivity contribution is 5.94. The van der Waals surface area contributed by atoms with E-state index in [9.17, 15) is 0 Å². The number of unbranched alkanes of at least 4 members (excludes halogenated alkanes) is 1. The molecule has 8 aromatic rings. The van der Waals surface area contributed by atoms with Gasteiger partial charge in [0, 0.05) is 39.2 Å². The Labute approximate surface area is 341 Å². The normalized spacial score (nSPS) is 14.2. The highest BCUT2D eigenvalue weighted by Crippen LogP contribution is 2.57. The molecule has 0 saturated heterocycles. The smallest absolute Gasteiger partial charge is 0.255 e. The van der Waals surface area contributed by atoms with Crippen LogP contribution in [0, 0.1) is 0 Å². The van der Waals surface area contributed by atoms with Crippen molar-refractivity contribution in [2.24, 2.45) is 7.05 Å². The van der Waals surface area contributed by atoms with E-state index in [1.54, 1.807) is 0 Å². The van der Waals surface area contributed by atoms with Crippen LogP contribution in [0.4, 0.5) is 0 Å². The monoisotopic (exact) mass is 755 g/mol. The average molecular weight is 756 g/mol. The predicted octanol–water partition coefficient (Wildman–Crippen LogP) is 12.3. The number of aromatic nitrogens is 4. The molecule has 0 saturated carbocycles. The van der Waals surface area contributed by atoms with Gasteiger partial charge < -0.3 is 4.74 Å². The summed E-state index contributed by atoms with van der Waals surface area (Å²) in [7, 11) is 2.11. The van der Waals surface area contributed by atoms with Gasteiger partial charge in [-0.3, -0.25) is 0 Å². The van der Waals surface area contributed by atoms with E-state index in [1.807, 2.05) is 36.4 Å². The number of fused-ring (bicyclic) bond motifs is 7. The summed E-state index contributed by atoms with van der Waals surface area (Å²) in [5, 5.41) is 1.18. The highest BCUT2D eigenvalue weighted by Gasteiger charge is 2.42. The first-order chi connectivity index (χ1) is 28.1. The molecule has 0 unspecified atom stereocenters. The van der Waals surface area contributed by atoms with Crippen LogP contribution in [0.3, 0.4) is 0 Å². The first-order valence-electron chi connectivity index (χ1n) is 20.5. The molecule has 10 rings (SSSR count). The summed E-state index contributed by atoms with van der Waals surface area (Å²) in [4.78, 5) is 15.0. The molecular weight excluding hydrogens is 709 g/mol. The lowest BCUT2D eigenvalue weighted by molar-refractivity contribution is -0.645. The van der Waals surface area contributed by atoms with Gasteiger partial charge in [0.2, 0.25) is 0 Å². The van der Waals surface area contributed by atoms with Gasteiger partial charge in [0.15, 0.2) is 29.4 Å². The molecular formula is C53H47N4O+. The number of nitrogens with zero attached hydrogens (tertiary/aromatic N) is 4. The van der Waals surface area contributed by atoms with Crippen LogP contribution in [0.5, 0.6) is 5.75 Å². The van der Waals surface area contributed by atoms with E-state index < -0.39 is 0 Å². The van der Waals surface area contributed by atoms with Gasteiger partial charge in [0.1, 0.15) is 7.05 Å². The van der Waals surface area contributed by atoms with Gasteiger partial charge >= 0.3 is 0 Å². The molecule has 0 spiro atoms. The van der Waals surface area contributed by atoms with Crippen molar-refractivity contribution in [3.05, 3.63) is 162 Å². The molecule has 0 amide bonds. The standard InChI is InChI=1S/C53H47N4O/c1-7-8-28-58-48-38(24-21-33-20-15-27-57(6)47(33)48)36-22-25-39-41-31-46-42(32-45(41)52(2,3)43(39)29-36)40-26-23-37(30-44(40)53(46,4)5)51-55-49(34-16-11-9-12-17-34)54-50(56-51)35-18-13-10-14-19-35/h9-27,29-32H,7-8,28H2,1-6H3/q+1. The lowest BCUT2D eigenvalue weighted by Crippen LogP contribution is -2.28. The van der Waals surface area contributed by atoms with E-state index in [2.05, 4.69) is 149 Å². The first kappa shape index (κ1) is 35.9. The lowest BCUT2D eigenvalue weighted by atomic mass is 9.79. The van der Waals surface area contributed by atoms with Crippen molar-refractivity contribution in [1.29, 1.82) is 0 Å². The molecule has 2 heterocycles. The van der Waals surface area contributed by atoms with Crippen LogP contribution >= 0.6 is 0 Å². The number of pyridine rings is 1. The van der Waals surface area contributed by atoms with Gasteiger partial charge in [-0.15, -0.1) is 0 Å². The Morgan fingerprint density at radius 1 is 0.500 bits per heavy atom. The summed E-state index contributed by atoms with van der Waals surface area (Å²) >= 11 is 0. The topological polar surface area (TPSA) is 51.8 Å². The summed E-state index contributed by atoms with van der Waals surface area (Å²) < 4.78 is 8.81. The molecule has 0 bridgehead atoms. The Kier molecular flexibility index (Phi) is 8.42. The summed E-state index contributed by atoms with van der Waals surface area (Å²) in [5.41, 5.74) is 16.5. The first-order valence-corrected chi connectivity index (χ1v) is 20.5. The summed E-state index contributed by atoms with van der Waals surface area (Å²) in [6.45, 7) is 12.4. The zero-order valence-electron chi connectivity index (χ0n) is 34.1. The Balaban J connectivity index is 1.05. The van der Waals surface area contributed by atoms with Crippen LogP contribution in [0.25, 0.3) is 78.4 Å². The second kappa shape index (κ2) is 13.6. The van der Waals surface area contributed by atoms with Crippen molar-refractivity contribution >= 4 is 10.9 Å². The van der Waals surface area contributed by atoms with Crippen molar-refractivity contribution in [2.45, 2.75) is 58.3 Å². The molecule has 0 atom stereocenters. The molecule has 284 valence electrons. The molecule has 58 heavy (non-hydrogen) atoms. The fraction of sp³-hybridized carbons (Fsp3) is 0.208. The van der Waals surface area contributed by atoms with E-state index in [1.165, 1.54) is 55.5 Å². The Hall–Kier alpha value is -6.46. The summed E-state index contributed by atoms with van der Waals surface area (Å²) in [5.74, 6) is 2.98. The molecule has 2 aliphatic carbocycles. The zero-order chi connectivity index (χ0) is 39.8. The van der Waals surface area contributed by atoms with E-state index in [0.29, 0.717) is 24.1 Å². The van der Waals surface area contributed by atoms with Gasteiger partial charge in [-0.25, -0.2) is 15.0 Å². The van der Waals surface area contributed by atoms with Crippen molar-refractivity contribution in [2.75, 3.05) is 6.61 Å². The van der Waals surface area contributed by atoms with Gasteiger partial charge in [0.25, 0.3) is 5.52 Å². The third-order valence-corrected chi connectivity index (χ3v) is 12.6. The fourth-order valence-corrected chi connectivity index (χ4v) is 9.33. The molecule has 0 aliphatic heterocycles. The van der Waals surface area contributed by atoms with Gasteiger partial charge in [-0.1, -0.05) is 126 Å². The van der Waals surface area contributed by atoms with Crippen molar-refractivity contribution in [3.63, 3.8) is 0 Å². The number of hydrogen-bond donors (Lipinski definition) is 0. The number of rotatable bonds is 8. The van der Waals surface area contributed by atoms with Crippen LogP contribution < -0.4 is 9.30 Å². The maximum Gasteiger partial charge on any atom is 0.255 e. The largest absolute Gasteiger partial charge is 0.487 e. The van der Waals surface area contributed by atoms with Crippen LogP contribution in [0.2, 0.25) is 0 Å². The van der Waals surface area contributed by atoms with Gasteiger partial charge in [-0.2, -0.15) is 4.57 Å². The average Bonchev–Trinajstić information content (AvgIpc) is 3.61. The minimum Gasteiger partial charge on any atom is -0.487 e. The molecule has 2 aromatic heterocycles. The molecule has 0 fully saturated rings. The van der Waals surface area contributed by atoms with Crippen LogP contribution in [0.15, 0.2) is 140 Å². The number of ether oxygens (including phenoxy) is 1. The van der Waals surface area contributed by atoms with Gasteiger partial charge in [-0.05, 0) is 99.0 Å². The second-order valence-electron chi connectivity index (χ2n) is 17.0. The third kappa shape index (κ3) is 5.67. The Morgan fingerprint density at radius 2 is 1.00 bits per heavy atom. The molecule has 5 nitrogen and oxygen atoms in total. The Bertz CT molecular complexity index is 2860. The van der Waals surface area contributed by atoms with E-state index >= 15 is 0 Å². The second-order valence-corrected chi connectivity index (χ2v) is 17.0. The minimum absolute atomic E-state index is 0.195. The number of aryl methyl sites for hydroxylation is 1. The summed E-state index contributed by atoms with van der Waals surface area (Å²) in [6, 6.07) is 47.9. The predicted molar refractivity (Wildman–Crippen MR) is 236 cm³/mol. The quantitative estimate of drug-likeness (QED) is 0.114. The molecule has 0 radical (unpaired) electrons. The summed E-state index contributed by atoms with van der Waals surface area (Å²) in [6.07, 6.45) is 4.22. The highest BCUT2D eigenvalue weighted by atomic mass is 16.5. The van der Waals surface area contributed by atoms with Crippen molar-refractivity contribution < 1.29 is 9.30 Å². The Morgan fingerprint density at radius 3 is 1.57 bits per heavy atom. The fourth-order valence-electron chi connectivity index (χ4n) is 9.33. The minimum atomic E-state index is -0.231.